The third kappa shape index (κ3) is 7.06. The maximum absolute atomic E-state index is 12.7. The maximum atomic E-state index is 12.7. The Balaban J connectivity index is 1.53. The smallest absolute Gasteiger partial charge is 0.238 e. The molecule has 0 spiro atoms. The SMILES string of the molecule is CCN(CC)c1ccc(NC(=O)CCN(CC(=O)Nc2cc(C)ccc2C)C2CC2)c(C)c1. The molecule has 2 aromatic carbocycles. The molecule has 0 aliphatic heterocycles. The Kier molecular flexibility index (Phi) is 8.50. The van der Waals surface area contributed by atoms with Crippen molar-refractivity contribution in [1.82, 2.24) is 4.90 Å². The van der Waals surface area contributed by atoms with Gasteiger partial charge in [-0.05, 0) is 88.4 Å². The number of hydrogen-bond acceptors (Lipinski definition) is 4. The summed E-state index contributed by atoms with van der Waals surface area (Å²) in [5, 5.41) is 6.09. The highest BCUT2D eigenvalue weighted by Gasteiger charge is 2.30. The largest absolute Gasteiger partial charge is 0.372 e. The number of amides is 2. The molecule has 0 bridgehead atoms. The van der Waals surface area contributed by atoms with Crippen LogP contribution in [0.5, 0.6) is 0 Å². The Morgan fingerprint density at radius 1 is 0.879 bits per heavy atom. The number of hydrogen-bond donors (Lipinski definition) is 2. The summed E-state index contributed by atoms with van der Waals surface area (Å²) in [7, 11) is 0. The van der Waals surface area contributed by atoms with Crippen LogP contribution in [0.25, 0.3) is 0 Å². The van der Waals surface area contributed by atoms with Crippen molar-refractivity contribution in [2.75, 3.05) is 41.7 Å². The first-order valence-electron chi connectivity index (χ1n) is 12.1. The fourth-order valence-corrected chi connectivity index (χ4v) is 4.11. The molecule has 0 unspecified atom stereocenters. The van der Waals surface area contributed by atoms with Gasteiger partial charge < -0.3 is 15.5 Å². The van der Waals surface area contributed by atoms with Crippen molar-refractivity contribution in [2.24, 2.45) is 0 Å². The molecule has 33 heavy (non-hydrogen) atoms. The van der Waals surface area contributed by atoms with Gasteiger partial charge in [-0.25, -0.2) is 0 Å². The van der Waals surface area contributed by atoms with Gasteiger partial charge in [-0.3, -0.25) is 14.5 Å². The first kappa shape index (κ1) is 24.8. The van der Waals surface area contributed by atoms with E-state index in [2.05, 4.69) is 46.4 Å². The number of nitrogens with zero attached hydrogens (tertiary/aromatic N) is 2. The molecule has 0 atom stereocenters. The van der Waals surface area contributed by atoms with E-state index in [4.69, 9.17) is 0 Å². The molecule has 1 fully saturated rings. The lowest BCUT2D eigenvalue weighted by atomic mass is 10.1. The average molecular weight is 451 g/mol. The first-order valence-corrected chi connectivity index (χ1v) is 12.1. The molecule has 2 amide bonds. The van der Waals surface area contributed by atoms with Gasteiger partial charge in [0, 0.05) is 49.2 Å². The summed E-state index contributed by atoms with van der Waals surface area (Å²) in [6.45, 7) is 13.1. The molecule has 3 rings (SSSR count). The monoisotopic (exact) mass is 450 g/mol. The highest BCUT2D eigenvalue weighted by Crippen LogP contribution is 2.27. The molecule has 0 saturated heterocycles. The molecule has 0 radical (unpaired) electrons. The number of carbonyl (C=O) groups is 2. The quantitative estimate of drug-likeness (QED) is 0.512. The zero-order valence-corrected chi connectivity index (χ0v) is 20.7. The second-order valence-electron chi connectivity index (χ2n) is 9.04. The van der Waals surface area contributed by atoms with Crippen molar-refractivity contribution < 1.29 is 9.59 Å². The highest BCUT2D eigenvalue weighted by molar-refractivity contribution is 5.93. The lowest BCUT2D eigenvalue weighted by molar-refractivity contribution is -0.119. The minimum atomic E-state index is -0.0288. The fourth-order valence-electron chi connectivity index (χ4n) is 4.11. The van der Waals surface area contributed by atoms with Gasteiger partial charge in [0.2, 0.25) is 11.8 Å². The molecule has 6 nitrogen and oxygen atoms in total. The van der Waals surface area contributed by atoms with Gasteiger partial charge in [0.1, 0.15) is 0 Å². The van der Waals surface area contributed by atoms with E-state index in [0.717, 1.165) is 54.0 Å². The average Bonchev–Trinajstić information content (AvgIpc) is 3.62. The van der Waals surface area contributed by atoms with Crippen LogP contribution >= 0.6 is 0 Å². The van der Waals surface area contributed by atoms with Crippen molar-refractivity contribution >= 4 is 28.9 Å². The molecule has 2 aromatic rings. The van der Waals surface area contributed by atoms with Crippen molar-refractivity contribution in [2.45, 2.75) is 59.9 Å². The van der Waals surface area contributed by atoms with Crippen molar-refractivity contribution in [3.63, 3.8) is 0 Å². The van der Waals surface area contributed by atoms with Crippen molar-refractivity contribution in [3.8, 4) is 0 Å². The normalized spacial score (nSPS) is 13.2. The van der Waals surface area contributed by atoms with Crippen LogP contribution < -0.4 is 15.5 Å². The van der Waals surface area contributed by atoms with Gasteiger partial charge in [-0.2, -0.15) is 0 Å². The molecule has 1 aliphatic rings. The number of aryl methyl sites for hydroxylation is 3. The van der Waals surface area contributed by atoms with Crippen molar-refractivity contribution in [3.05, 3.63) is 53.1 Å². The van der Waals surface area contributed by atoms with Crippen molar-refractivity contribution in [1.29, 1.82) is 0 Å². The summed E-state index contributed by atoms with van der Waals surface area (Å²) < 4.78 is 0. The van der Waals surface area contributed by atoms with Crippen LogP contribution in [0.1, 0.15) is 49.8 Å². The second-order valence-corrected chi connectivity index (χ2v) is 9.04. The lowest BCUT2D eigenvalue weighted by Gasteiger charge is -2.23. The van der Waals surface area contributed by atoms with Crippen LogP contribution in [-0.2, 0) is 9.59 Å². The highest BCUT2D eigenvalue weighted by atomic mass is 16.2. The molecule has 1 saturated carbocycles. The lowest BCUT2D eigenvalue weighted by Crippen LogP contribution is -2.37. The Morgan fingerprint density at radius 3 is 2.21 bits per heavy atom. The summed E-state index contributed by atoms with van der Waals surface area (Å²) in [5.74, 6) is -0.0480. The maximum Gasteiger partial charge on any atom is 0.238 e. The van der Waals surface area contributed by atoms with Gasteiger partial charge in [0.15, 0.2) is 0 Å². The Hall–Kier alpha value is -2.86. The van der Waals surface area contributed by atoms with Crippen LogP contribution in [0.4, 0.5) is 17.1 Å². The second kappa shape index (κ2) is 11.3. The van der Waals surface area contributed by atoms with Crippen LogP contribution in [0.15, 0.2) is 36.4 Å². The Morgan fingerprint density at radius 2 is 1.58 bits per heavy atom. The van der Waals surface area contributed by atoms with Gasteiger partial charge in [0.05, 0.1) is 6.54 Å². The molecule has 178 valence electrons. The van der Waals surface area contributed by atoms with Crippen LogP contribution in [0.3, 0.4) is 0 Å². The van der Waals surface area contributed by atoms with Crippen LogP contribution in [0, 0.1) is 20.8 Å². The summed E-state index contributed by atoms with van der Waals surface area (Å²) in [4.78, 5) is 29.8. The summed E-state index contributed by atoms with van der Waals surface area (Å²) in [6, 6.07) is 12.6. The van der Waals surface area contributed by atoms with Crippen LogP contribution in [-0.4, -0.2) is 48.9 Å². The van der Waals surface area contributed by atoms with Gasteiger partial charge in [-0.1, -0.05) is 12.1 Å². The van der Waals surface area contributed by atoms with E-state index in [1.807, 2.05) is 45.0 Å². The molecule has 1 aliphatic carbocycles. The van der Waals surface area contributed by atoms with Gasteiger partial charge in [-0.15, -0.1) is 0 Å². The topological polar surface area (TPSA) is 64.7 Å². The van der Waals surface area contributed by atoms with E-state index in [1.165, 1.54) is 5.69 Å². The Labute approximate surface area is 198 Å². The molecular weight excluding hydrogens is 412 g/mol. The number of rotatable bonds is 11. The summed E-state index contributed by atoms with van der Waals surface area (Å²) >= 11 is 0. The number of anilines is 3. The molecule has 0 aromatic heterocycles. The molecular formula is C27H38N4O2. The van der Waals surface area contributed by atoms with Crippen LogP contribution in [0.2, 0.25) is 0 Å². The minimum Gasteiger partial charge on any atom is -0.372 e. The van der Waals surface area contributed by atoms with E-state index >= 15 is 0 Å². The molecule has 0 heterocycles. The third-order valence-electron chi connectivity index (χ3n) is 6.32. The third-order valence-corrected chi connectivity index (χ3v) is 6.32. The zero-order valence-electron chi connectivity index (χ0n) is 20.7. The predicted molar refractivity (Wildman–Crippen MR) is 137 cm³/mol. The number of benzene rings is 2. The minimum absolute atomic E-state index is 0.0192. The first-order chi connectivity index (χ1) is 15.8. The zero-order chi connectivity index (χ0) is 24.0. The fraction of sp³-hybridized carbons (Fsp3) is 0.481. The summed E-state index contributed by atoms with van der Waals surface area (Å²) in [5.41, 5.74) is 6.10. The van der Waals surface area contributed by atoms with Gasteiger partial charge in [0.25, 0.3) is 0 Å². The van der Waals surface area contributed by atoms with E-state index in [1.54, 1.807) is 0 Å². The molecule has 2 N–H and O–H groups in total. The standard InChI is InChI=1S/C27H38N4O2/c1-6-30(7-2)23-12-13-24(21(5)17-23)28-26(32)14-15-31(22-10-11-22)18-27(33)29-25-16-19(3)8-9-20(25)4/h8-9,12-13,16-17,22H,6-7,10-11,14-15,18H2,1-5H3,(H,28,32)(H,29,33). The van der Waals surface area contributed by atoms with Gasteiger partial charge >= 0.3 is 0 Å². The number of carbonyl (C=O) groups excluding carboxylic acids is 2. The Bertz CT molecular complexity index is 980. The van der Waals surface area contributed by atoms with E-state index in [9.17, 15) is 9.59 Å². The summed E-state index contributed by atoms with van der Waals surface area (Å²) in [6.07, 6.45) is 2.54. The predicted octanol–water partition coefficient (Wildman–Crippen LogP) is 4.89. The van der Waals surface area contributed by atoms with E-state index in [0.29, 0.717) is 25.6 Å². The molecule has 6 heteroatoms. The number of nitrogens with one attached hydrogen (secondary N) is 2. The van der Waals surface area contributed by atoms with E-state index in [-0.39, 0.29) is 11.8 Å². The van der Waals surface area contributed by atoms with E-state index < -0.39 is 0 Å².